The molecule has 0 bridgehead atoms. The Morgan fingerprint density at radius 3 is 2.42 bits per heavy atom. The number of carboxylic acid groups (broad SMARTS) is 1. The summed E-state index contributed by atoms with van der Waals surface area (Å²) in [6.45, 7) is 11.5. The molecular formula is C16H21NO2. The van der Waals surface area contributed by atoms with Crippen LogP contribution in [0.3, 0.4) is 0 Å². The Balaban J connectivity index is 2.94. The second-order valence-electron chi connectivity index (χ2n) is 5.39. The lowest BCUT2D eigenvalue weighted by molar-refractivity contribution is 0.0697. The van der Waals surface area contributed by atoms with Crippen molar-refractivity contribution in [3.05, 3.63) is 34.5 Å². The first-order valence-corrected chi connectivity index (χ1v) is 6.75. The summed E-state index contributed by atoms with van der Waals surface area (Å²) in [5.41, 5.74) is 5.10. The summed E-state index contributed by atoms with van der Waals surface area (Å²) < 4.78 is 2.28. The number of carbonyl (C=O) groups is 1. The van der Waals surface area contributed by atoms with Crippen molar-refractivity contribution in [2.75, 3.05) is 0 Å². The molecule has 0 unspecified atom stereocenters. The van der Waals surface area contributed by atoms with Crippen LogP contribution in [-0.2, 0) is 6.54 Å². The second kappa shape index (κ2) is 4.72. The number of nitrogens with zero attached hydrogens (tertiary/aromatic N) is 1. The lowest BCUT2D eigenvalue weighted by Gasteiger charge is -2.07. The molecule has 2 aromatic rings. The van der Waals surface area contributed by atoms with Gasteiger partial charge in [-0.25, -0.2) is 4.79 Å². The molecule has 2 rings (SSSR count). The molecule has 0 spiro atoms. The van der Waals surface area contributed by atoms with Crippen molar-refractivity contribution in [2.24, 2.45) is 0 Å². The molecule has 0 aliphatic heterocycles. The van der Waals surface area contributed by atoms with Crippen molar-refractivity contribution >= 4 is 16.9 Å². The maximum atomic E-state index is 11.2. The summed E-state index contributed by atoms with van der Waals surface area (Å²) in [5, 5.41) is 10.3. The molecular weight excluding hydrogens is 238 g/mol. The maximum Gasteiger partial charge on any atom is 0.335 e. The van der Waals surface area contributed by atoms with E-state index in [4.69, 9.17) is 0 Å². The standard InChI is InChI=1S/C16H21NO2/c1-6-17-11(5)14(9(2)3)13-8-12(16(18)19)7-10(4)15(13)17/h7-9H,6H2,1-5H3,(H,18,19). The van der Waals surface area contributed by atoms with Crippen molar-refractivity contribution in [2.45, 2.75) is 47.1 Å². The van der Waals surface area contributed by atoms with E-state index in [1.165, 1.54) is 16.8 Å². The van der Waals surface area contributed by atoms with Crippen LogP contribution >= 0.6 is 0 Å². The van der Waals surface area contributed by atoms with Gasteiger partial charge in [0.2, 0.25) is 0 Å². The van der Waals surface area contributed by atoms with Crippen LogP contribution in [0.25, 0.3) is 10.9 Å². The van der Waals surface area contributed by atoms with E-state index in [0.29, 0.717) is 11.5 Å². The number of rotatable bonds is 3. The summed E-state index contributed by atoms with van der Waals surface area (Å²) in [4.78, 5) is 11.2. The van der Waals surface area contributed by atoms with Gasteiger partial charge in [-0.1, -0.05) is 13.8 Å². The molecule has 0 fully saturated rings. The summed E-state index contributed by atoms with van der Waals surface area (Å²) >= 11 is 0. The number of fused-ring (bicyclic) bond motifs is 1. The van der Waals surface area contributed by atoms with E-state index in [2.05, 4.69) is 32.3 Å². The minimum absolute atomic E-state index is 0.375. The third kappa shape index (κ3) is 2.03. The van der Waals surface area contributed by atoms with Gasteiger partial charge < -0.3 is 9.67 Å². The number of hydrogen-bond donors (Lipinski definition) is 1. The van der Waals surface area contributed by atoms with Gasteiger partial charge in [0.1, 0.15) is 0 Å². The Labute approximate surface area is 113 Å². The number of aromatic nitrogens is 1. The van der Waals surface area contributed by atoms with E-state index < -0.39 is 5.97 Å². The number of aromatic carboxylic acids is 1. The molecule has 102 valence electrons. The Morgan fingerprint density at radius 2 is 1.95 bits per heavy atom. The maximum absolute atomic E-state index is 11.2. The molecule has 3 heteroatoms. The van der Waals surface area contributed by atoms with Crippen molar-refractivity contribution in [1.29, 1.82) is 0 Å². The summed E-state index contributed by atoms with van der Waals surface area (Å²) in [6, 6.07) is 3.58. The Hall–Kier alpha value is -1.77. The van der Waals surface area contributed by atoms with Crippen LogP contribution < -0.4 is 0 Å². The van der Waals surface area contributed by atoms with Gasteiger partial charge in [0.15, 0.2) is 0 Å². The van der Waals surface area contributed by atoms with E-state index in [1.807, 2.05) is 13.0 Å². The molecule has 1 heterocycles. The second-order valence-corrected chi connectivity index (χ2v) is 5.39. The topological polar surface area (TPSA) is 42.2 Å². The van der Waals surface area contributed by atoms with Gasteiger partial charge in [-0.2, -0.15) is 0 Å². The number of aryl methyl sites for hydroxylation is 2. The average molecular weight is 259 g/mol. The highest BCUT2D eigenvalue weighted by molar-refractivity contribution is 5.97. The van der Waals surface area contributed by atoms with Crippen LogP contribution in [0.5, 0.6) is 0 Å². The van der Waals surface area contributed by atoms with Crippen molar-refractivity contribution in [3.63, 3.8) is 0 Å². The molecule has 1 aromatic carbocycles. The van der Waals surface area contributed by atoms with Gasteiger partial charge in [-0.15, -0.1) is 0 Å². The fourth-order valence-electron chi connectivity index (χ4n) is 3.10. The first-order chi connectivity index (χ1) is 8.88. The SMILES string of the molecule is CCn1c(C)c(C(C)C)c2cc(C(=O)O)cc(C)c21. The fraction of sp³-hybridized carbons (Fsp3) is 0.438. The molecule has 0 aliphatic rings. The first kappa shape index (κ1) is 13.7. The molecule has 0 amide bonds. The highest BCUT2D eigenvalue weighted by Gasteiger charge is 2.19. The Bertz CT molecular complexity index is 651. The number of benzene rings is 1. The predicted octanol–water partition coefficient (Wildman–Crippen LogP) is 4.10. The molecule has 1 aromatic heterocycles. The highest BCUT2D eigenvalue weighted by atomic mass is 16.4. The summed E-state index contributed by atoms with van der Waals surface area (Å²) in [6.07, 6.45) is 0. The molecule has 0 saturated heterocycles. The zero-order chi connectivity index (χ0) is 14.3. The van der Waals surface area contributed by atoms with Gasteiger partial charge in [0.25, 0.3) is 0 Å². The first-order valence-electron chi connectivity index (χ1n) is 6.75. The molecule has 3 nitrogen and oxygen atoms in total. The average Bonchev–Trinajstić information content (AvgIpc) is 2.61. The van der Waals surface area contributed by atoms with Crippen LogP contribution in [0, 0.1) is 13.8 Å². The van der Waals surface area contributed by atoms with Gasteiger partial charge in [0.05, 0.1) is 11.1 Å². The quantitative estimate of drug-likeness (QED) is 0.901. The smallest absolute Gasteiger partial charge is 0.335 e. The van der Waals surface area contributed by atoms with E-state index in [0.717, 1.165) is 17.5 Å². The molecule has 0 saturated carbocycles. The van der Waals surface area contributed by atoms with Gasteiger partial charge in [-0.3, -0.25) is 0 Å². The van der Waals surface area contributed by atoms with E-state index >= 15 is 0 Å². The van der Waals surface area contributed by atoms with Crippen molar-refractivity contribution in [1.82, 2.24) is 4.57 Å². The lowest BCUT2D eigenvalue weighted by Crippen LogP contribution is -2.00. The largest absolute Gasteiger partial charge is 0.478 e. The summed E-state index contributed by atoms with van der Waals surface area (Å²) in [7, 11) is 0. The Morgan fingerprint density at radius 1 is 1.32 bits per heavy atom. The third-order valence-corrected chi connectivity index (χ3v) is 3.80. The van der Waals surface area contributed by atoms with Crippen LogP contribution in [0.15, 0.2) is 12.1 Å². The summed E-state index contributed by atoms with van der Waals surface area (Å²) in [5.74, 6) is -0.472. The van der Waals surface area contributed by atoms with E-state index in [1.54, 1.807) is 6.07 Å². The molecule has 19 heavy (non-hydrogen) atoms. The molecule has 0 radical (unpaired) electrons. The fourth-order valence-corrected chi connectivity index (χ4v) is 3.10. The molecule has 0 atom stereocenters. The van der Waals surface area contributed by atoms with Crippen molar-refractivity contribution < 1.29 is 9.90 Å². The van der Waals surface area contributed by atoms with Crippen LogP contribution in [0.2, 0.25) is 0 Å². The monoisotopic (exact) mass is 259 g/mol. The van der Waals surface area contributed by atoms with Crippen molar-refractivity contribution in [3.8, 4) is 0 Å². The Kier molecular flexibility index (Phi) is 3.40. The lowest BCUT2D eigenvalue weighted by atomic mass is 9.97. The minimum Gasteiger partial charge on any atom is -0.478 e. The highest BCUT2D eigenvalue weighted by Crippen LogP contribution is 2.34. The third-order valence-electron chi connectivity index (χ3n) is 3.80. The van der Waals surface area contributed by atoms with E-state index in [-0.39, 0.29) is 0 Å². The number of hydrogen-bond acceptors (Lipinski definition) is 1. The van der Waals surface area contributed by atoms with Gasteiger partial charge in [-0.05, 0) is 49.9 Å². The minimum atomic E-state index is -0.860. The predicted molar refractivity (Wildman–Crippen MR) is 78.1 cm³/mol. The molecule has 1 N–H and O–H groups in total. The molecule has 0 aliphatic carbocycles. The van der Waals surface area contributed by atoms with Gasteiger partial charge >= 0.3 is 5.97 Å². The normalized spacial score (nSPS) is 11.5. The van der Waals surface area contributed by atoms with Gasteiger partial charge in [0, 0.05) is 17.6 Å². The van der Waals surface area contributed by atoms with Crippen LogP contribution in [-0.4, -0.2) is 15.6 Å². The van der Waals surface area contributed by atoms with Crippen LogP contribution in [0.4, 0.5) is 0 Å². The number of carboxylic acids is 1. The zero-order valence-electron chi connectivity index (χ0n) is 12.2. The van der Waals surface area contributed by atoms with Crippen LogP contribution in [0.1, 0.15) is 53.9 Å². The zero-order valence-corrected chi connectivity index (χ0v) is 12.2. The van der Waals surface area contributed by atoms with E-state index in [9.17, 15) is 9.90 Å².